The van der Waals surface area contributed by atoms with Gasteiger partial charge in [-0.3, -0.25) is 9.69 Å². The van der Waals surface area contributed by atoms with Gasteiger partial charge in [0.25, 0.3) is 0 Å². The summed E-state index contributed by atoms with van der Waals surface area (Å²) in [6.07, 6.45) is -2.00. The van der Waals surface area contributed by atoms with Crippen molar-refractivity contribution in [3.05, 3.63) is 0 Å². The molecule has 1 N–H and O–H groups in total. The zero-order valence-electron chi connectivity index (χ0n) is 23.4. The Bertz CT molecular complexity index is 810. The van der Waals surface area contributed by atoms with Gasteiger partial charge in [0.2, 0.25) is 5.91 Å². The summed E-state index contributed by atoms with van der Waals surface area (Å²) in [6.45, 7) is 21.7. The Hall–Kier alpha value is -1.65. The molecule has 0 saturated carbocycles. The first kappa shape index (κ1) is 29.6. The van der Waals surface area contributed by atoms with E-state index in [0.29, 0.717) is 12.8 Å². The topological polar surface area (TPSA) is 106 Å². The van der Waals surface area contributed by atoms with Gasteiger partial charge in [0.1, 0.15) is 11.2 Å². The minimum atomic E-state index is -2.14. The zero-order valence-corrected chi connectivity index (χ0v) is 24.4. The first-order valence-electron chi connectivity index (χ1n) is 12.5. The van der Waals surface area contributed by atoms with Crippen LogP contribution in [0.15, 0.2) is 0 Å². The molecule has 0 aromatic carbocycles. The molecule has 2 rings (SSSR count). The van der Waals surface area contributed by atoms with Gasteiger partial charge >= 0.3 is 12.2 Å². The molecule has 35 heavy (non-hydrogen) atoms. The fraction of sp³-hybridized carbons (Fsp3) is 0.880. The molecular formula is C25H46N2O7Si. The number of hydrogen-bond acceptors (Lipinski definition) is 7. The first-order valence-corrected chi connectivity index (χ1v) is 15.4. The van der Waals surface area contributed by atoms with E-state index in [1.807, 2.05) is 0 Å². The highest BCUT2D eigenvalue weighted by Gasteiger charge is 2.51. The maximum absolute atomic E-state index is 13.1. The number of imide groups is 1. The summed E-state index contributed by atoms with van der Waals surface area (Å²) in [5, 5.41) is 11.3. The maximum atomic E-state index is 13.1. The summed E-state index contributed by atoms with van der Waals surface area (Å²) in [6, 6.07) is -0.660. The third kappa shape index (κ3) is 7.42. The molecule has 0 aromatic heterocycles. The predicted molar refractivity (Wildman–Crippen MR) is 135 cm³/mol. The Balaban J connectivity index is 2.24. The van der Waals surface area contributed by atoms with Gasteiger partial charge < -0.3 is 19.0 Å². The number of carbonyl (C=O) groups is 3. The summed E-state index contributed by atoms with van der Waals surface area (Å²) < 4.78 is 17.5. The van der Waals surface area contributed by atoms with Gasteiger partial charge in [0.05, 0.1) is 24.2 Å². The Morgan fingerprint density at radius 3 is 1.97 bits per heavy atom. The highest BCUT2D eigenvalue weighted by molar-refractivity contribution is 6.74. The molecule has 3 amide bonds. The Labute approximate surface area is 211 Å². The summed E-state index contributed by atoms with van der Waals surface area (Å²) >= 11 is 0. The van der Waals surface area contributed by atoms with Crippen LogP contribution in [0.2, 0.25) is 18.1 Å². The second-order valence-corrected chi connectivity index (χ2v) is 18.0. The molecule has 0 radical (unpaired) electrons. The van der Waals surface area contributed by atoms with Crippen molar-refractivity contribution >= 4 is 26.4 Å². The van der Waals surface area contributed by atoms with Crippen molar-refractivity contribution in [1.29, 1.82) is 0 Å². The van der Waals surface area contributed by atoms with E-state index in [1.54, 1.807) is 41.5 Å². The lowest BCUT2D eigenvalue weighted by atomic mass is 9.93. The smallest absolute Gasteiger partial charge is 0.417 e. The van der Waals surface area contributed by atoms with Gasteiger partial charge in [-0.1, -0.05) is 20.8 Å². The summed E-state index contributed by atoms with van der Waals surface area (Å²) in [5.74, 6) is -1.30. The lowest BCUT2D eigenvalue weighted by Gasteiger charge is -2.38. The van der Waals surface area contributed by atoms with Gasteiger partial charge in [-0.2, -0.15) is 0 Å². The number of rotatable bonds is 4. The van der Waals surface area contributed by atoms with Crippen molar-refractivity contribution in [1.82, 2.24) is 9.80 Å². The van der Waals surface area contributed by atoms with E-state index in [2.05, 4.69) is 33.9 Å². The molecule has 2 saturated heterocycles. The molecule has 10 heteroatoms. The molecule has 9 nitrogen and oxygen atoms in total. The van der Waals surface area contributed by atoms with Crippen LogP contribution in [-0.2, 0) is 18.7 Å². The van der Waals surface area contributed by atoms with E-state index < -0.39 is 55.7 Å². The van der Waals surface area contributed by atoms with Crippen LogP contribution in [0.1, 0.15) is 75.2 Å². The largest absolute Gasteiger partial charge is 0.444 e. The third-order valence-electron chi connectivity index (χ3n) is 6.87. The van der Waals surface area contributed by atoms with E-state index in [-0.39, 0.29) is 24.2 Å². The van der Waals surface area contributed by atoms with Crippen LogP contribution in [0.5, 0.6) is 0 Å². The molecule has 0 spiro atoms. The average molecular weight is 515 g/mol. The quantitative estimate of drug-likeness (QED) is 0.549. The zero-order chi connectivity index (χ0) is 27.1. The number of ether oxygens (including phenoxy) is 2. The molecule has 4 atom stereocenters. The lowest BCUT2D eigenvalue weighted by Crippen LogP contribution is -2.49. The lowest BCUT2D eigenvalue weighted by molar-refractivity contribution is -0.134. The van der Waals surface area contributed by atoms with Crippen LogP contribution in [0, 0.1) is 5.92 Å². The van der Waals surface area contributed by atoms with Gasteiger partial charge in [-0.15, -0.1) is 0 Å². The fourth-order valence-electron chi connectivity index (χ4n) is 4.14. The van der Waals surface area contributed by atoms with E-state index in [1.165, 1.54) is 4.90 Å². The van der Waals surface area contributed by atoms with Gasteiger partial charge in [-0.05, 0) is 72.5 Å². The monoisotopic (exact) mass is 514 g/mol. The summed E-state index contributed by atoms with van der Waals surface area (Å²) in [7, 11) is -2.14. The number of nitrogens with zero attached hydrogens (tertiary/aromatic N) is 2. The van der Waals surface area contributed by atoms with Crippen molar-refractivity contribution in [2.75, 3.05) is 13.1 Å². The second-order valence-electron chi connectivity index (χ2n) is 13.3. The normalized spacial score (nSPS) is 25.1. The molecule has 202 valence electrons. The van der Waals surface area contributed by atoms with Crippen LogP contribution in [0.25, 0.3) is 0 Å². The standard InChI is InChI=1S/C25H46N2O7Si/c1-23(2,3)32-21(30)26-13-12-17(20(26)29)19(28)18-14-16(34-35(10,11)25(7,8)9)15-27(18)22(31)33-24(4,5)6/h16-19,28H,12-15H2,1-11H3/t16-,17?,18+,19?/m1/s1. The molecule has 2 aliphatic heterocycles. The molecule has 2 unspecified atom stereocenters. The van der Waals surface area contributed by atoms with E-state index in [9.17, 15) is 19.5 Å². The highest BCUT2D eigenvalue weighted by Crippen LogP contribution is 2.40. The maximum Gasteiger partial charge on any atom is 0.417 e. The number of likely N-dealkylation sites (tertiary alicyclic amines) is 2. The number of carbonyl (C=O) groups excluding carboxylic acids is 3. The van der Waals surface area contributed by atoms with E-state index in [4.69, 9.17) is 13.9 Å². The van der Waals surface area contributed by atoms with Crippen LogP contribution >= 0.6 is 0 Å². The van der Waals surface area contributed by atoms with E-state index >= 15 is 0 Å². The molecule has 2 heterocycles. The van der Waals surface area contributed by atoms with Crippen molar-refractivity contribution in [3.63, 3.8) is 0 Å². The first-order chi connectivity index (χ1) is 15.6. The van der Waals surface area contributed by atoms with Crippen LogP contribution in [0.4, 0.5) is 9.59 Å². The van der Waals surface area contributed by atoms with Crippen LogP contribution in [-0.4, -0.2) is 83.9 Å². The molecular weight excluding hydrogens is 468 g/mol. The summed E-state index contributed by atoms with van der Waals surface area (Å²) in [4.78, 5) is 41.2. The van der Waals surface area contributed by atoms with Gasteiger partial charge in [0, 0.05) is 13.1 Å². The summed E-state index contributed by atoms with van der Waals surface area (Å²) in [5.41, 5.74) is -1.44. The SMILES string of the molecule is CC(C)(C)OC(=O)N1CCC(C(O)[C@@H]2C[C@@H](O[Si](C)(C)C(C)(C)C)CN2C(=O)OC(C)(C)C)C1=O. The van der Waals surface area contributed by atoms with Gasteiger partial charge in [0.15, 0.2) is 8.32 Å². The average Bonchev–Trinajstić information content (AvgIpc) is 3.20. The number of aliphatic hydroxyl groups excluding tert-OH is 1. The Morgan fingerprint density at radius 1 is 0.971 bits per heavy atom. The van der Waals surface area contributed by atoms with Crippen molar-refractivity contribution in [2.45, 2.75) is 123 Å². The van der Waals surface area contributed by atoms with Crippen molar-refractivity contribution in [3.8, 4) is 0 Å². The highest BCUT2D eigenvalue weighted by atomic mass is 28.4. The van der Waals surface area contributed by atoms with Crippen LogP contribution in [0.3, 0.4) is 0 Å². The van der Waals surface area contributed by atoms with Crippen molar-refractivity contribution in [2.24, 2.45) is 5.92 Å². The number of amides is 3. The van der Waals surface area contributed by atoms with Gasteiger partial charge in [-0.25, -0.2) is 14.5 Å². The van der Waals surface area contributed by atoms with Crippen molar-refractivity contribution < 1.29 is 33.4 Å². The number of aliphatic hydroxyl groups is 1. The van der Waals surface area contributed by atoms with E-state index in [0.717, 1.165) is 4.90 Å². The number of hydrogen-bond donors (Lipinski definition) is 1. The fourth-order valence-corrected chi connectivity index (χ4v) is 5.50. The molecule has 2 fully saturated rings. The minimum absolute atomic E-state index is 0.0181. The Morgan fingerprint density at radius 2 is 1.49 bits per heavy atom. The molecule has 0 bridgehead atoms. The molecule has 2 aliphatic rings. The Kier molecular flexibility index (Phi) is 8.46. The predicted octanol–water partition coefficient (Wildman–Crippen LogP) is 4.53. The minimum Gasteiger partial charge on any atom is -0.444 e. The third-order valence-corrected chi connectivity index (χ3v) is 11.4. The molecule has 0 aliphatic carbocycles. The molecule has 0 aromatic rings. The second kappa shape index (κ2) is 10.0. The van der Waals surface area contributed by atoms with Crippen LogP contribution < -0.4 is 0 Å².